The highest BCUT2D eigenvalue weighted by Gasteiger charge is 2.64. The van der Waals surface area contributed by atoms with Gasteiger partial charge in [-0.3, -0.25) is 9.59 Å². The molecule has 2 unspecified atom stereocenters. The van der Waals surface area contributed by atoms with Crippen LogP contribution in [0.1, 0.15) is 59.3 Å². The number of benzene rings is 3. The van der Waals surface area contributed by atoms with Crippen LogP contribution < -0.4 is 35.5 Å². The van der Waals surface area contributed by atoms with Gasteiger partial charge in [0.15, 0.2) is 5.13 Å². The number of likely N-dealkylation sites (tertiary alicyclic amines) is 1. The molecule has 5 aromatic rings. The number of nitrogens with zero attached hydrogens (tertiary/aromatic N) is 3. The van der Waals surface area contributed by atoms with E-state index < -0.39 is 45.6 Å². The molecule has 4 heterocycles. The zero-order valence-electron chi connectivity index (χ0n) is 35.1. The van der Waals surface area contributed by atoms with Gasteiger partial charge < -0.3 is 35.6 Å². The normalized spacial score (nSPS) is 23.5. The van der Waals surface area contributed by atoms with Gasteiger partial charge in [-0.05, 0) is 74.9 Å². The quantitative estimate of drug-likeness (QED) is 0.100. The molecule has 1 aliphatic carbocycles. The van der Waals surface area contributed by atoms with Crippen molar-refractivity contribution >= 4 is 66.6 Å². The Balaban J connectivity index is 1.10. The van der Waals surface area contributed by atoms with Crippen molar-refractivity contribution in [1.82, 2.24) is 24.9 Å². The highest BCUT2D eigenvalue weighted by molar-refractivity contribution is 7.90. The number of hydrogen-bond donors (Lipinski definition) is 5. The first kappa shape index (κ1) is 42.7. The van der Waals surface area contributed by atoms with E-state index in [9.17, 15) is 22.8 Å². The molecule has 17 heteroatoms. The number of sulfonamides is 1. The van der Waals surface area contributed by atoms with E-state index in [1.165, 1.54) is 22.3 Å². The van der Waals surface area contributed by atoms with Gasteiger partial charge in [0.1, 0.15) is 39.8 Å². The molecular formula is C45H52N8O7S2. The number of methoxy groups -OCH3 is 1. The van der Waals surface area contributed by atoms with Crippen LogP contribution in [0.4, 0.5) is 21.3 Å². The second kappa shape index (κ2) is 17.8. The van der Waals surface area contributed by atoms with E-state index in [-0.39, 0.29) is 42.2 Å². The monoisotopic (exact) mass is 880 g/mol. The molecule has 5 N–H and O–H groups in total. The topological polar surface area (TPSA) is 193 Å². The Morgan fingerprint density at radius 1 is 0.984 bits per heavy atom. The Hall–Kier alpha value is -5.94. The van der Waals surface area contributed by atoms with Crippen molar-refractivity contribution in [2.75, 3.05) is 36.1 Å². The summed E-state index contributed by atoms with van der Waals surface area (Å²) in [6, 6.07) is 21.3. The third-order valence-electron chi connectivity index (χ3n) is 11.8. The van der Waals surface area contributed by atoms with Crippen molar-refractivity contribution in [3.05, 3.63) is 84.2 Å². The molecule has 4 amide bonds. The summed E-state index contributed by atoms with van der Waals surface area (Å²) < 4.78 is 42.3. The molecule has 2 aromatic heterocycles. The summed E-state index contributed by atoms with van der Waals surface area (Å²) in [4.78, 5) is 54.2. The van der Waals surface area contributed by atoms with Gasteiger partial charge in [0.25, 0.3) is 15.9 Å². The van der Waals surface area contributed by atoms with Crippen LogP contribution in [-0.2, 0) is 19.6 Å². The molecule has 5 atom stereocenters. The zero-order valence-corrected chi connectivity index (χ0v) is 36.8. The van der Waals surface area contributed by atoms with E-state index in [4.69, 9.17) is 19.4 Å². The molecular weight excluding hydrogens is 829 g/mol. The molecule has 8 rings (SSSR count). The fraction of sp³-hybridized carbons (Fsp3) is 0.400. The molecule has 1 saturated heterocycles. The fourth-order valence-electron chi connectivity index (χ4n) is 8.54. The lowest BCUT2D eigenvalue weighted by molar-refractivity contribution is -0.131. The number of aromatic nitrogens is 2. The number of amides is 4. The van der Waals surface area contributed by atoms with Crippen molar-refractivity contribution in [1.29, 1.82) is 0 Å². The lowest BCUT2D eigenvalue weighted by Crippen LogP contribution is -2.57. The number of pyridine rings is 1. The van der Waals surface area contributed by atoms with Gasteiger partial charge in [-0.25, -0.2) is 27.9 Å². The van der Waals surface area contributed by atoms with E-state index in [1.54, 1.807) is 49.6 Å². The largest absolute Gasteiger partial charge is 0.497 e. The molecule has 3 aromatic carbocycles. The maximum Gasteiger partial charge on any atom is 0.322 e. The Bertz CT molecular complexity index is 2570. The molecule has 0 radical (unpaired) electrons. The van der Waals surface area contributed by atoms with Crippen LogP contribution >= 0.6 is 11.3 Å². The number of rotatable bonds is 9. The highest BCUT2D eigenvalue weighted by Crippen LogP contribution is 2.51. The lowest BCUT2D eigenvalue weighted by Gasteiger charge is -2.27. The van der Waals surface area contributed by atoms with Crippen LogP contribution in [0.2, 0.25) is 0 Å². The Kier molecular flexibility index (Phi) is 12.3. The number of carbonyl (C=O) groups excluding carboxylic acids is 3. The minimum absolute atomic E-state index is 0.00632. The summed E-state index contributed by atoms with van der Waals surface area (Å²) >= 11 is 1.47. The average Bonchev–Trinajstić information content (AvgIpc) is 3.54. The second-order valence-corrected chi connectivity index (χ2v) is 19.1. The third kappa shape index (κ3) is 9.14. The maximum atomic E-state index is 14.7. The molecule has 15 nitrogen and oxygen atoms in total. The molecule has 3 aliphatic rings. The minimum Gasteiger partial charge on any atom is -0.497 e. The number of thiazole rings is 1. The first-order valence-electron chi connectivity index (χ1n) is 21.1. The number of nitrogens with one attached hydrogen (secondary N) is 5. The molecule has 0 bridgehead atoms. The van der Waals surface area contributed by atoms with Crippen molar-refractivity contribution < 1.29 is 32.3 Å². The second-order valence-electron chi connectivity index (χ2n) is 16.6. The lowest BCUT2D eigenvalue weighted by atomic mass is 9.94. The highest BCUT2D eigenvalue weighted by atomic mass is 32.2. The van der Waals surface area contributed by atoms with Crippen molar-refractivity contribution in [3.63, 3.8) is 0 Å². The van der Waals surface area contributed by atoms with Crippen molar-refractivity contribution in [3.8, 4) is 22.9 Å². The van der Waals surface area contributed by atoms with Gasteiger partial charge in [0.05, 0.1) is 30.6 Å². The average molecular weight is 881 g/mol. The van der Waals surface area contributed by atoms with Gasteiger partial charge in [-0.2, -0.15) is 0 Å². The van der Waals surface area contributed by atoms with Gasteiger partial charge in [-0.1, -0.05) is 56.5 Å². The van der Waals surface area contributed by atoms with Crippen molar-refractivity contribution in [2.24, 2.45) is 11.8 Å². The van der Waals surface area contributed by atoms with Gasteiger partial charge in [0, 0.05) is 47.6 Å². The Labute approximate surface area is 365 Å². The first-order valence-corrected chi connectivity index (χ1v) is 23.4. The molecule has 2 fully saturated rings. The number of anilines is 3. The minimum atomic E-state index is -4.34. The Morgan fingerprint density at radius 2 is 1.77 bits per heavy atom. The predicted octanol–water partition coefficient (Wildman–Crippen LogP) is 7.24. The van der Waals surface area contributed by atoms with Crippen molar-refractivity contribution in [2.45, 2.75) is 87.9 Å². The number of ether oxygens (including phenoxy) is 2. The number of hydrogen-bond acceptors (Lipinski definition) is 12. The summed E-state index contributed by atoms with van der Waals surface area (Å²) in [5.74, 6) is -0.612. The van der Waals surface area contributed by atoms with E-state index >= 15 is 0 Å². The van der Waals surface area contributed by atoms with Gasteiger partial charge in [-0.15, -0.1) is 11.3 Å². The van der Waals surface area contributed by atoms with E-state index in [1.807, 2.05) is 56.5 Å². The first-order chi connectivity index (χ1) is 29.8. The number of fused-ring (bicyclic) bond motifs is 3. The van der Waals surface area contributed by atoms with Crippen LogP contribution in [0.3, 0.4) is 0 Å². The summed E-state index contributed by atoms with van der Waals surface area (Å²) in [7, 11) is -2.75. The van der Waals surface area contributed by atoms with E-state index in [0.717, 1.165) is 30.8 Å². The van der Waals surface area contributed by atoms with Gasteiger partial charge in [0.2, 0.25) is 5.91 Å². The smallest absolute Gasteiger partial charge is 0.322 e. The van der Waals surface area contributed by atoms with Crippen LogP contribution in [0.15, 0.2) is 89.1 Å². The molecule has 0 spiro atoms. The standard InChI is InChI=1S/C45H52N8O7S2/c1-27(2)47-43-50-37(26-61-43)36-23-39(32-19-18-30(59-4)21-35(32)49-36)60-31-22-38(53(25-31)44(56)48-29-14-8-5-9-15-29)41(54)51-45-24-33(45)28(3)13-7-6-12-20-46-34-16-10-11-17-40(34)62(57,58)52-42(45)55/h5,8-11,14-19,21,23,26-28,31,33,38,46H,6-7,12-13,20,22,24-25H2,1-4H3,(H,47,50)(H,48,56)(H,51,54)(H,52,55)/t28?,31-,33?,38+,45-/m1/s1. The van der Waals surface area contributed by atoms with Crippen LogP contribution in [0.5, 0.6) is 11.5 Å². The summed E-state index contributed by atoms with van der Waals surface area (Å²) in [5.41, 5.74) is 1.25. The van der Waals surface area contributed by atoms with E-state index in [2.05, 4.69) is 26.0 Å². The molecule has 326 valence electrons. The van der Waals surface area contributed by atoms with Crippen LogP contribution in [0, 0.1) is 11.8 Å². The number of urea groups is 1. The summed E-state index contributed by atoms with van der Waals surface area (Å²) in [5, 5.41) is 15.8. The molecule has 1 saturated carbocycles. The molecule has 2 aliphatic heterocycles. The van der Waals surface area contributed by atoms with E-state index in [0.29, 0.717) is 51.7 Å². The zero-order chi connectivity index (χ0) is 43.6. The maximum absolute atomic E-state index is 14.7. The van der Waals surface area contributed by atoms with Crippen LogP contribution in [0.25, 0.3) is 22.3 Å². The van der Waals surface area contributed by atoms with Crippen LogP contribution in [-0.4, -0.2) is 85.1 Å². The van der Waals surface area contributed by atoms with Gasteiger partial charge >= 0.3 is 6.03 Å². The predicted molar refractivity (Wildman–Crippen MR) is 240 cm³/mol. The molecule has 62 heavy (non-hydrogen) atoms. The number of carbonyl (C=O) groups is 3. The fourth-order valence-corrected chi connectivity index (χ4v) is 10.6. The third-order valence-corrected chi connectivity index (χ3v) is 14.0. The number of para-hydroxylation sites is 2. The Morgan fingerprint density at radius 3 is 2.56 bits per heavy atom. The SMILES string of the molecule is COc1ccc2c(O[C@@H]3C[C@@H](C(=O)N[C@]45CC4C(C)CCCCCNc4ccccc4S(=O)(=O)NC5=O)N(C(=O)Nc4ccccc4)C3)cc(-c3csc(NC(C)C)n3)nc2c1. The summed E-state index contributed by atoms with van der Waals surface area (Å²) in [6.45, 7) is 6.73. The summed E-state index contributed by atoms with van der Waals surface area (Å²) in [6.07, 6.45) is 3.14.